The maximum absolute atomic E-state index is 8.56. The second-order valence-electron chi connectivity index (χ2n) is 3.39. The van der Waals surface area contributed by atoms with E-state index in [0.29, 0.717) is 0 Å². The molecule has 0 amide bonds. The average Bonchev–Trinajstić information content (AvgIpc) is 2.61. The summed E-state index contributed by atoms with van der Waals surface area (Å²) in [5.74, 6) is 0. The quantitative estimate of drug-likeness (QED) is 0.100. The molecule has 0 radical (unpaired) electrons. The van der Waals surface area contributed by atoms with Gasteiger partial charge in [0.25, 0.3) is 0 Å². The zero-order chi connectivity index (χ0) is 42.9. The minimum atomic E-state index is -1.83. The fourth-order valence-electron chi connectivity index (χ4n) is 0. The Morgan fingerprint density at radius 2 is 0.119 bits per heavy atom. The maximum atomic E-state index is 8.56. The molecule has 36 nitrogen and oxygen atoms in total. The summed E-state index contributed by atoms with van der Waals surface area (Å²) in [6, 6.07) is 0. The van der Waals surface area contributed by atoms with Crippen LogP contribution in [0.5, 0.6) is 0 Å². The van der Waals surface area contributed by atoms with Crippen molar-refractivity contribution in [1.82, 2.24) is 0 Å². The van der Waals surface area contributed by atoms with Gasteiger partial charge in [-0.1, -0.05) is 0 Å². The standard InChI is InChI=1S/12CH2O3.11Ca.22H/c12*2-1(3)4;;;;;;;;;;;;;;;;;;;;;;;;;;;;;;;;;/h12*(H2,2,3,4);;;;;;;;;;;;;;;;;;;;;;;;;;;;;;;;;. The van der Waals surface area contributed by atoms with Gasteiger partial charge in [-0.2, -0.15) is 0 Å². The first kappa shape index (κ1) is 151. The third-order valence-electron chi connectivity index (χ3n) is 0. The molecule has 24 N–H and O–H groups in total. The van der Waals surface area contributed by atoms with Crippen molar-refractivity contribution >= 4 is 489 Å². The van der Waals surface area contributed by atoms with Gasteiger partial charge in [0.05, 0.1) is 0 Å². The van der Waals surface area contributed by atoms with Crippen LogP contribution in [0.1, 0.15) is 0 Å². The molecule has 0 aliphatic rings. The molecule has 0 aromatic rings. The SMILES string of the molecule is O=C(O)O.O=C(O)O.O=C(O)O.O=C(O)O.O=C(O)O.O=C(O)O.O=C(O)O.O=C(O)O.O=C(O)O.O=C(O)O.O=C(O)O.O=C(O)O.[CaH2].[CaH2].[CaH2].[CaH2].[CaH2].[CaH2].[CaH2].[CaH2].[CaH2].[CaH2].[CaH2]. The molecule has 0 aliphatic heterocycles. The fraction of sp³-hybridized carbons (Fsp3) is 0. The molecule has 0 spiro atoms. The van der Waals surface area contributed by atoms with Crippen LogP contribution in [-0.2, 0) is 0 Å². The van der Waals surface area contributed by atoms with Crippen LogP contribution in [0.25, 0.3) is 0 Å². The number of hydrogen-bond acceptors (Lipinski definition) is 12. The zero-order valence-corrected chi connectivity index (χ0v) is 21.6. The molecule has 0 heterocycles. The first-order chi connectivity index (χ1) is 20.8. The van der Waals surface area contributed by atoms with Crippen molar-refractivity contribution in [2.24, 2.45) is 0 Å². The molecular weight excluding hydrogens is 1160 g/mol. The molecule has 0 atom stereocenters. The molecule has 47 heteroatoms. The van der Waals surface area contributed by atoms with Crippen molar-refractivity contribution in [1.29, 1.82) is 0 Å². The van der Waals surface area contributed by atoms with Crippen LogP contribution in [0.15, 0.2) is 0 Å². The second-order valence-corrected chi connectivity index (χ2v) is 3.39. The van der Waals surface area contributed by atoms with E-state index < -0.39 is 73.9 Å². The zero-order valence-electron chi connectivity index (χ0n) is 21.6. The molecule has 0 aliphatic carbocycles. The first-order valence-electron chi connectivity index (χ1n) is 7.82. The number of hydrogen-bond donors (Lipinski definition) is 24. The molecule has 0 unspecified atom stereocenters. The van der Waals surface area contributed by atoms with Gasteiger partial charge in [0.2, 0.25) is 0 Å². The van der Waals surface area contributed by atoms with Gasteiger partial charge in [-0.15, -0.1) is 0 Å². The summed E-state index contributed by atoms with van der Waals surface area (Å²) in [6.45, 7) is 0. The monoisotopic (exact) mass is 1210 g/mol. The van der Waals surface area contributed by atoms with Gasteiger partial charge in [0, 0.05) is 0 Å². The molecule has 0 fully saturated rings. The van der Waals surface area contributed by atoms with Crippen LogP contribution in [0.2, 0.25) is 0 Å². The van der Waals surface area contributed by atoms with Crippen LogP contribution in [0, 0.1) is 0 Å². The van der Waals surface area contributed by atoms with Gasteiger partial charge in [-0.3, -0.25) is 0 Å². The summed E-state index contributed by atoms with van der Waals surface area (Å²) in [6.07, 6.45) is -22.0. The summed E-state index contributed by atoms with van der Waals surface area (Å²) in [7, 11) is 0. The Morgan fingerprint density at radius 1 is 0.119 bits per heavy atom. The predicted molar refractivity (Wildman–Crippen MR) is 222 cm³/mol. The van der Waals surface area contributed by atoms with Crippen LogP contribution < -0.4 is 0 Å². The van der Waals surface area contributed by atoms with Crippen molar-refractivity contribution in [2.45, 2.75) is 0 Å². The Kier molecular flexibility index (Phi) is 369. The Balaban J connectivity index is -0.0000000112. The van der Waals surface area contributed by atoms with E-state index in [1.807, 2.05) is 0 Å². The van der Waals surface area contributed by atoms with Crippen molar-refractivity contribution in [2.75, 3.05) is 0 Å². The summed E-state index contributed by atoms with van der Waals surface area (Å²) in [5, 5.41) is 167. The van der Waals surface area contributed by atoms with Crippen molar-refractivity contribution < 1.29 is 180 Å². The van der Waals surface area contributed by atoms with Gasteiger partial charge in [-0.25, -0.2) is 57.5 Å². The van der Waals surface area contributed by atoms with Gasteiger partial charge in [-0.05, 0) is 0 Å². The Morgan fingerprint density at radius 3 is 0.119 bits per heavy atom. The van der Waals surface area contributed by atoms with E-state index in [4.69, 9.17) is 180 Å². The van der Waals surface area contributed by atoms with Crippen LogP contribution in [-0.4, -0.2) is 612 Å². The molecule has 0 saturated heterocycles. The van der Waals surface area contributed by atoms with Gasteiger partial charge < -0.3 is 123 Å². The summed E-state index contributed by atoms with van der Waals surface area (Å²) >= 11 is 0. The molecular formula is C12H46Ca11O36. The second kappa shape index (κ2) is 144. The van der Waals surface area contributed by atoms with E-state index in [0.717, 1.165) is 0 Å². The van der Waals surface area contributed by atoms with Crippen LogP contribution in [0.4, 0.5) is 57.5 Å². The fourth-order valence-corrected chi connectivity index (χ4v) is 0. The topological polar surface area (TPSA) is 690 Å². The number of carboxylic acid groups (broad SMARTS) is 24. The van der Waals surface area contributed by atoms with Crippen molar-refractivity contribution in [3.63, 3.8) is 0 Å². The summed E-state index contributed by atoms with van der Waals surface area (Å²) < 4.78 is 0. The van der Waals surface area contributed by atoms with Crippen LogP contribution >= 0.6 is 0 Å². The molecule has 59 heavy (non-hydrogen) atoms. The predicted octanol–water partition coefficient (Wildman–Crippen LogP) is -7.41. The molecule has 0 aromatic carbocycles. The van der Waals surface area contributed by atoms with Crippen LogP contribution in [0.3, 0.4) is 0 Å². The Labute approximate surface area is 652 Å². The van der Waals surface area contributed by atoms with E-state index >= 15 is 0 Å². The summed E-state index contributed by atoms with van der Waals surface area (Å²) in [4.78, 5) is 103. The molecule has 0 bridgehead atoms. The van der Waals surface area contributed by atoms with Gasteiger partial charge in [0.1, 0.15) is 0 Å². The summed E-state index contributed by atoms with van der Waals surface area (Å²) in [5.41, 5.74) is 0. The van der Waals surface area contributed by atoms with E-state index in [1.165, 1.54) is 0 Å². The Hall–Kier alpha value is 5.10. The normalized spacial score (nSPS) is 4.88. The average molecular weight is 1210 g/mol. The number of rotatable bonds is 0. The Bertz CT molecular complexity index is 614. The van der Waals surface area contributed by atoms with E-state index in [1.54, 1.807) is 0 Å². The van der Waals surface area contributed by atoms with E-state index in [2.05, 4.69) is 0 Å². The van der Waals surface area contributed by atoms with E-state index in [9.17, 15) is 0 Å². The van der Waals surface area contributed by atoms with E-state index in [-0.39, 0.29) is 415 Å². The van der Waals surface area contributed by atoms with Crippen molar-refractivity contribution in [3.8, 4) is 0 Å². The number of carbonyl (C=O) groups is 12. The van der Waals surface area contributed by atoms with Crippen molar-refractivity contribution in [3.05, 3.63) is 0 Å². The minimum absolute atomic E-state index is 0. The molecule has 0 rings (SSSR count). The third-order valence-corrected chi connectivity index (χ3v) is 0. The first-order valence-corrected chi connectivity index (χ1v) is 7.82. The third kappa shape index (κ3) is 9070. The molecule has 0 saturated carbocycles. The van der Waals surface area contributed by atoms with Gasteiger partial charge >= 0.3 is 489 Å². The molecule has 0 aromatic heterocycles. The van der Waals surface area contributed by atoms with Gasteiger partial charge in [0.15, 0.2) is 0 Å². The molecule has 332 valence electrons.